The summed E-state index contributed by atoms with van der Waals surface area (Å²) in [6, 6.07) is 0. The first-order chi connectivity index (χ1) is 10.7. The lowest BCUT2D eigenvalue weighted by atomic mass is 9.86. The number of ether oxygens (including phenoxy) is 2. The largest absolute Gasteiger partial charge is 0.375 e. The Labute approximate surface area is 143 Å². The van der Waals surface area contributed by atoms with Crippen LogP contribution in [-0.2, 0) is 9.47 Å². The molecule has 0 aromatic carbocycles. The zero-order valence-electron chi connectivity index (χ0n) is 16.0. The molecule has 2 fully saturated rings. The second-order valence-electron chi connectivity index (χ2n) is 8.54. The SMILES string of the molecule is CC(/C=C/[C@@H]1C[C@H](C)CC(C)(C)O1)=C\C[C@@H]1O[C@H](C)CC[C@@H]1C. The van der Waals surface area contributed by atoms with Crippen molar-refractivity contribution in [3.8, 4) is 0 Å². The van der Waals surface area contributed by atoms with Crippen molar-refractivity contribution in [2.24, 2.45) is 11.8 Å². The van der Waals surface area contributed by atoms with Gasteiger partial charge in [0.2, 0.25) is 0 Å². The molecule has 0 bridgehead atoms. The van der Waals surface area contributed by atoms with E-state index < -0.39 is 0 Å². The minimum absolute atomic E-state index is 0.00575. The van der Waals surface area contributed by atoms with Gasteiger partial charge in [-0.25, -0.2) is 0 Å². The third kappa shape index (κ3) is 6.08. The molecule has 0 unspecified atom stereocenters. The van der Waals surface area contributed by atoms with Crippen LogP contribution < -0.4 is 0 Å². The van der Waals surface area contributed by atoms with Crippen LogP contribution in [0.25, 0.3) is 0 Å². The van der Waals surface area contributed by atoms with Crippen molar-refractivity contribution in [3.63, 3.8) is 0 Å². The average molecular weight is 321 g/mol. The fraction of sp³-hybridized carbons (Fsp3) is 0.810. The first kappa shape index (κ1) is 18.7. The highest BCUT2D eigenvalue weighted by Gasteiger charge is 2.31. The Hall–Kier alpha value is -0.600. The molecular formula is C21H36O2. The lowest BCUT2D eigenvalue weighted by Crippen LogP contribution is -2.38. The van der Waals surface area contributed by atoms with Crippen molar-refractivity contribution in [1.82, 2.24) is 0 Å². The minimum Gasteiger partial charge on any atom is -0.375 e. The molecule has 132 valence electrons. The second kappa shape index (κ2) is 7.98. The number of hydrogen-bond acceptors (Lipinski definition) is 2. The molecule has 2 heterocycles. The predicted molar refractivity (Wildman–Crippen MR) is 97.6 cm³/mol. The fourth-order valence-corrected chi connectivity index (χ4v) is 4.04. The summed E-state index contributed by atoms with van der Waals surface area (Å²) in [5, 5.41) is 0. The van der Waals surface area contributed by atoms with Gasteiger partial charge in [-0.15, -0.1) is 0 Å². The standard InChI is InChI=1S/C21H36O2/c1-15(8-12-20-17(3)9-10-18(4)22-20)7-11-19-13-16(2)14-21(5,6)23-19/h7-8,11,16-20H,9-10,12-14H2,1-6H3/b11-7+,15-8+/t16-,17-,18+,19+,20-/m0/s1. The van der Waals surface area contributed by atoms with Gasteiger partial charge in [-0.2, -0.15) is 0 Å². The highest BCUT2D eigenvalue weighted by molar-refractivity contribution is 5.18. The molecule has 2 saturated heterocycles. The minimum atomic E-state index is 0.00575. The van der Waals surface area contributed by atoms with E-state index in [0.29, 0.717) is 18.1 Å². The Balaban J connectivity index is 1.86. The van der Waals surface area contributed by atoms with Crippen LogP contribution in [-0.4, -0.2) is 23.9 Å². The molecule has 0 spiro atoms. The third-order valence-corrected chi connectivity index (χ3v) is 5.26. The normalized spacial score (nSPS) is 38.9. The first-order valence-electron chi connectivity index (χ1n) is 9.43. The third-order valence-electron chi connectivity index (χ3n) is 5.26. The highest BCUT2D eigenvalue weighted by Crippen LogP contribution is 2.33. The maximum absolute atomic E-state index is 6.18. The number of hydrogen-bond donors (Lipinski definition) is 0. The Bertz CT molecular complexity index is 435. The maximum Gasteiger partial charge on any atom is 0.0768 e. The van der Waals surface area contributed by atoms with E-state index in [0.717, 1.165) is 25.2 Å². The van der Waals surface area contributed by atoms with Gasteiger partial charge in [0.05, 0.1) is 23.9 Å². The lowest BCUT2D eigenvalue weighted by molar-refractivity contribution is -0.103. The van der Waals surface area contributed by atoms with Gasteiger partial charge in [0.25, 0.3) is 0 Å². The Morgan fingerprint density at radius 3 is 2.61 bits per heavy atom. The van der Waals surface area contributed by atoms with E-state index in [4.69, 9.17) is 9.47 Å². The Morgan fingerprint density at radius 2 is 1.91 bits per heavy atom. The summed E-state index contributed by atoms with van der Waals surface area (Å²) in [6.07, 6.45) is 13.7. The van der Waals surface area contributed by atoms with Crippen LogP contribution in [0.4, 0.5) is 0 Å². The van der Waals surface area contributed by atoms with Crippen LogP contribution in [0.3, 0.4) is 0 Å². The molecule has 0 aromatic heterocycles. The summed E-state index contributed by atoms with van der Waals surface area (Å²) in [6.45, 7) is 13.4. The van der Waals surface area contributed by atoms with Gasteiger partial charge in [-0.3, -0.25) is 0 Å². The predicted octanol–water partition coefficient (Wildman–Crippen LogP) is 5.68. The van der Waals surface area contributed by atoms with Gasteiger partial charge >= 0.3 is 0 Å². The van der Waals surface area contributed by atoms with Gasteiger partial charge in [0.1, 0.15) is 0 Å². The van der Waals surface area contributed by atoms with E-state index in [1.165, 1.54) is 18.4 Å². The lowest BCUT2D eigenvalue weighted by Gasteiger charge is -2.38. The van der Waals surface area contributed by atoms with Crippen LogP contribution in [0.1, 0.15) is 73.6 Å². The Morgan fingerprint density at radius 1 is 1.17 bits per heavy atom. The monoisotopic (exact) mass is 320 g/mol. The summed E-state index contributed by atoms with van der Waals surface area (Å²) in [4.78, 5) is 0. The van der Waals surface area contributed by atoms with Gasteiger partial charge in [0.15, 0.2) is 0 Å². The van der Waals surface area contributed by atoms with Crippen LogP contribution in [0.2, 0.25) is 0 Å². The van der Waals surface area contributed by atoms with Crippen molar-refractivity contribution in [3.05, 3.63) is 23.8 Å². The second-order valence-corrected chi connectivity index (χ2v) is 8.54. The molecule has 0 aromatic rings. The molecule has 2 heteroatoms. The number of allylic oxidation sites excluding steroid dienone is 2. The molecular weight excluding hydrogens is 284 g/mol. The van der Waals surface area contributed by atoms with E-state index in [9.17, 15) is 0 Å². The van der Waals surface area contributed by atoms with Gasteiger partial charge in [-0.1, -0.05) is 37.6 Å². The zero-order chi connectivity index (χ0) is 17.0. The van der Waals surface area contributed by atoms with Gasteiger partial charge in [0, 0.05) is 0 Å². The fourth-order valence-electron chi connectivity index (χ4n) is 4.04. The molecule has 0 saturated carbocycles. The smallest absolute Gasteiger partial charge is 0.0768 e. The van der Waals surface area contributed by atoms with Crippen LogP contribution in [0, 0.1) is 11.8 Å². The molecule has 2 aliphatic rings. The summed E-state index contributed by atoms with van der Waals surface area (Å²) >= 11 is 0. The van der Waals surface area contributed by atoms with Crippen molar-refractivity contribution in [1.29, 1.82) is 0 Å². The molecule has 23 heavy (non-hydrogen) atoms. The summed E-state index contributed by atoms with van der Waals surface area (Å²) < 4.78 is 12.3. The summed E-state index contributed by atoms with van der Waals surface area (Å²) in [7, 11) is 0. The molecule has 0 N–H and O–H groups in total. The number of rotatable bonds is 4. The average Bonchev–Trinajstić information content (AvgIpc) is 2.44. The van der Waals surface area contributed by atoms with E-state index in [1.54, 1.807) is 0 Å². The van der Waals surface area contributed by atoms with Crippen molar-refractivity contribution < 1.29 is 9.47 Å². The molecule has 0 amide bonds. The van der Waals surface area contributed by atoms with Gasteiger partial charge < -0.3 is 9.47 Å². The van der Waals surface area contributed by atoms with Crippen molar-refractivity contribution in [2.45, 2.75) is 97.6 Å². The zero-order valence-corrected chi connectivity index (χ0v) is 16.0. The van der Waals surface area contributed by atoms with Crippen LogP contribution >= 0.6 is 0 Å². The molecule has 2 nitrogen and oxygen atoms in total. The van der Waals surface area contributed by atoms with Crippen LogP contribution in [0.15, 0.2) is 23.8 Å². The molecule has 5 atom stereocenters. The van der Waals surface area contributed by atoms with E-state index in [2.05, 4.69) is 59.8 Å². The first-order valence-corrected chi connectivity index (χ1v) is 9.43. The molecule has 2 rings (SSSR count). The van der Waals surface area contributed by atoms with E-state index in [-0.39, 0.29) is 11.7 Å². The van der Waals surface area contributed by atoms with Crippen LogP contribution in [0.5, 0.6) is 0 Å². The highest BCUT2D eigenvalue weighted by atomic mass is 16.5. The Kier molecular flexibility index (Phi) is 6.50. The summed E-state index contributed by atoms with van der Waals surface area (Å²) in [5.74, 6) is 1.40. The topological polar surface area (TPSA) is 18.5 Å². The van der Waals surface area contributed by atoms with E-state index >= 15 is 0 Å². The van der Waals surface area contributed by atoms with E-state index in [1.807, 2.05) is 0 Å². The molecule has 2 aliphatic heterocycles. The molecule has 0 radical (unpaired) electrons. The van der Waals surface area contributed by atoms with Crippen molar-refractivity contribution in [2.75, 3.05) is 0 Å². The quantitative estimate of drug-likeness (QED) is 0.621. The molecule has 0 aliphatic carbocycles. The van der Waals surface area contributed by atoms with Crippen molar-refractivity contribution >= 4 is 0 Å². The summed E-state index contributed by atoms with van der Waals surface area (Å²) in [5.41, 5.74) is 1.32. The van der Waals surface area contributed by atoms with Gasteiger partial charge in [-0.05, 0) is 71.6 Å². The maximum atomic E-state index is 6.18.